The van der Waals surface area contributed by atoms with Crippen LogP contribution in [0.2, 0.25) is 0 Å². The molecule has 0 radical (unpaired) electrons. The van der Waals surface area contributed by atoms with Gasteiger partial charge in [0.15, 0.2) is 0 Å². The number of aromatic nitrogens is 1. The summed E-state index contributed by atoms with van der Waals surface area (Å²) in [4.78, 5) is 17.7. The van der Waals surface area contributed by atoms with Gasteiger partial charge in [0.2, 0.25) is 5.91 Å². The summed E-state index contributed by atoms with van der Waals surface area (Å²) in [5.41, 5.74) is 1.35. The molecule has 26 heavy (non-hydrogen) atoms. The zero-order valence-corrected chi connectivity index (χ0v) is 16.8. The molecule has 1 N–H and O–H groups in total. The van der Waals surface area contributed by atoms with Crippen LogP contribution in [0.5, 0.6) is 0 Å². The normalized spacial score (nSPS) is 10.5. The predicted octanol–water partition coefficient (Wildman–Crippen LogP) is 5.25. The Bertz CT molecular complexity index is 723. The fourth-order valence-electron chi connectivity index (χ4n) is 2.52. The van der Waals surface area contributed by atoms with Crippen LogP contribution in [0.25, 0.3) is 10.6 Å². The molecule has 0 fully saturated rings. The number of carbonyl (C=O) groups is 1. The fourth-order valence-corrected chi connectivity index (χ4v) is 4.01. The number of unbranched alkanes of at least 4 members (excludes halogenated alkanes) is 5. The highest BCUT2D eigenvalue weighted by atomic mass is 32.2. The first-order valence-corrected chi connectivity index (χ1v) is 11.0. The minimum atomic E-state index is -0.00391. The Morgan fingerprint density at radius 1 is 1.23 bits per heavy atom. The summed E-state index contributed by atoms with van der Waals surface area (Å²) in [6, 6.07) is 9.76. The molecule has 0 spiro atoms. The van der Waals surface area contributed by atoms with Crippen molar-refractivity contribution < 1.29 is 4.79 Å². The predicted molar refractivity (Wildman–Crippen MR) is 109 cm³/mol. The van der Waals surface area contributed by atoms with Crippen molar-refractivity contribution in [3.8, 4) is 16.6 Å². The number of thiophene rings is 1. The molecule has 2 heterocycles. The lowest BCUT2D eigenvalue weighted by molar-refractivity contribution is -0.118. The smallest absolute Gasteiger partial charge is 0.230 e. The molecule has 0 atom stereocenters. The Morgan fingerprint density at radius 3 is 2.77 bits per heavy atom. The largest absolute Gasteiger partial charge is 0.355 e. The maximum atomic E-state index is 12.0. The molecule has 1 amide bonds. The Balaban J connectivity index is 1.78. The van der Waals surface area contributed by atoms with E-state index in [0.29, 0.717) is 10.6 Å². The monoisotopic (exact) mass is 387 g/mol. The summed E-state index contributed by atoms with van der Waals surface area (Å²) in [5, 5.41) is 14.8. The van der Waals surface area contributed by atoms with E-state index in [1.807, 2.05) is 23.6 Å². The van der Waals surface area contributed by atoms with Gasteiger partial charge in [-0.05, 0) is 30.0 Å². The molecule has 2 aromatic rings. The molecule has 4 nitrogen and oxygen atoms in total. The van der Waals surface area contributed by atoms with Crippen LogP contribution >= 0.6 is 23.1 Å². The second kappa shape index (κ2) is 11.7. The number of thioether (sulfide) groups is 1. The van der Waals surface area contributed by atoms with Crippen molar-refractivity contribution in [3.05, 3.63) is 35.2 Å². The van der Waals surface area contributed by atoms with E-state index in [1.54, 1.807) is 17.4 Å². The van der Waals surface area contributed by atoms with E-state index in [-0.39, 0.29) is 11.7 Å². The Morgan fingerprint density at radius 2 is 2.04 bits per heavy atom. The Hall–Kier alpha value is -1.84. The van der Waals surface area contributed by atoms with E-state index in [1.165, 1.54) is 37.4 Å². The Kier molecular flexibility index (Phi) is 9.22. The molecule has 0 aliphatic heterocycles. The zero-order valence-electron chi connectivity index (χ0n) is 15.2. The van der Waals surface area contributed by atoms with Crippen molar-refractivity contribution in [2.75, 3.05) is 12.3 Å². The molecule has 0 aliphatic rings. The quantitative estimate of drug-likeness (QED) is 0.422. The second-order valence-electron chi connectivity index (χ2n) is 6.04. The first kappa shape index (κ1) is 20.5. The highest BCUT2D eigenvalue weighted by molar-refractivity contribution is 8.00. The highest BCUT2D eigenvalue weighted by Gasteiger charge is 2.11. The van der Waals surface area contributed by atoms with E-state index in [9.17, 15) is 10.1 Å². The van der Waals surface area contributed by atoms with Gasteiger partial charge >= 0.3 is 0 Å². The first-order chi connectivity index (χ1) is 12.7. The first-order valence-electron chi connectivity index (χ1n) is 9.09. The zero-order chi connectivity index (χ0) is 18.6. The van der Waals surface area contributed by atoms with E-state index in [4.69, 9.17) is 0 Å². The number of nitriles is 1. The van der Waals surface area contributed by atoms with Gasteiger partial charge in [0.25, 0.3) is 0 Å². The molecule has 0 unspecified atom stereocenters. The summed E-state index contributed by atoms with van der Waals surface area (Å²) < 4.78 is 0. The van der Waals surface area contributed by atoms with Crippen LogP contribution in [0.4, 0.5) is 0 Å². The lowest BCUT2D eigenvalue weighted by Gasteiger charge is -2.07. The lowest BCUT2D eigenvalue weighted by Crippen LogP contribution is -2.26. The van der Waals surface area contributed by atoms with Gasteiger partial charge in [0, 0.05) is 6.54 Å². The SMILES string of the molecule is CCCCCCCCNC(=O)CSc1nc(-c2cccs2)ccc1C#N. The van der Waals surface area contributed by atoms with Crippen molar-refractivity contribution in [2.24, 2.45) is 0 Å². The summed E-state index contributed by atoms with van der Waals surface area (Å²) in [5.74, 6) is 0.279. The van der Waals surface area contributed by atoms with Gasteiger partial charge in [0.1, 0.15) is 11.1 Å². The molecule has 2 rings (SSSR count). The number of pyridine rings is 1. The van der Waals surface area contributed by atoms with E-state index in [2.05, 4.69) is 23.3 Å². The standard InChI is InChI=1S/C20H25N3OS2/c1-2-3-4-5-6-7-12-22-19(24)15-26-20-16(14-21)10-11-17(23-20)18-9-8-13-25-18/h8-11,13H,2-7,12,15H2,1H3,(H,22,24). The van der Waals surface area contributed by atoms with Gasteiger partial charge < -0.3 is 5.32 Å². The number of rotatable bonds is 11. The molecule has 0 saturated carbocycles. The summed E-state index contributed by atoms with van der Waals surface area (Å²) in [6.45, 7) is 2.93. The third-order valence-corrected chi connectivity index (χ3v) is 5.83. The molecule has 138 valence electrons. The molecule has 2 aromatic heterocycles. The third-order valence-electron chi connectivity index (χ3n) is 3.95. The van der Waals surface area contributed by atoms with Gasteiger partial charge in [0.05, 0.1) is 21.9 Å². The van der Waals surface area contributed by atoms with E-state index < -0.39 is 0 Å². The number of nitrogens with one attached hydrogen (secondary N) is 1. The van der Waals surface area contributed by atoms with Crippen LogP contribution in [-0.4, -0.2) is 23.2 Å². The summed E-state index contributed by atoms with van der Waals surface area (Å²) >= 11 is 2.93. The van der Waals surface area contributed by atoms with E-state index >= 15 is 0 Å². The molecule has 0 saturated heterocycles. The number of nitrogens with zero attached hydrogens (tertiary/aromatic N) is 2. The number of hydrogen-bond donors (Lipinski definition) is 1. The van der Waals surface area contributed by atoms with Crippen LogP contribution in [0.3, 0.4) is 0 Å². The van der Waals surface area contributed by atoms with Gasteiger partial charge in [-0.3, -0.25) is 4.79 Å². The van der Waals surface area contributed by atoms with Crippen LogP contribution in [0, 0.1) is 11.3 Å². The summed E-state index contributed by atoms with van der Waals surface area (Å²) in [6.07, 6.45) is 7.25. The van der Waals surface area contributed by atoms with Gasteiger partial charge in [-0.2, -0.15) is 5.26 Å². The fraction of sp³-hybridized carbons (Fsp3) is 0.450. The minimum Gasteiger partial charge on any atom is -0.355 e. The third kappa shape index (κ3) is 6.81. The van der Waals surface area contributed by atoms with Crippen LogP contribution in [0.15, 0.2) is 34.7 Å². The lowest BCUT2D eigenvalue weighted by atomic mass is 10.1. The van der Waals surface area contributed by atoms with Gasteiger partial charge in [-0.1, -0.05) is 56.9 Å². The number of amides is 1. The molecular formula is C20H25N3OS2. The van der Waals surface area contributed by atoms with Crippen molar-refractivity contribution in [2.45, 2.75) is 50.5 Å². The van der Waals surface area contributed by atoms with Gasteiger partial charge in [-0.15, -0.1) is 11.3 Å². The molecular weight excluding hydrogens is 362 g/mol. The highest BCUT2D eigenvalue weighted by Crippen LogP contribution is 2.27. The number of carbonyl (C=O) groups excluding carboxylic acids is 1. The molecule has 0 aromatic carbocycles. The Labute approximate surface area is 164 Å². The van der Waals surface area contributed by atoms with Crippen molar-refractivity contribution in [3.63, 3.8) is 0 Å². The molecule has 0 bridgehead atoms. The van der Waals surface area contributed by atoms with Crippen LogP contribution in [-0.2, 0) is 4.79 Å². The van der Waals surface area contributed by atoms with E-state index in [0.717, 1.165) is 30.0 Å². The van der Waals surface area contributed by atoms with Crippen molar-refractivity contribution in [1.82, 2.24) is 10.3 Å². The summed E-state index contributed by atoms with van der Waals surface area (Å²) in [7, 11) is 0. The minimum absolute atomic E-state index is 0.00391. The van der Waals surface area contributed by atoms with Crippen LogP contribution < -0.4 is 5.32 Å². The van der Waals surface area contributed by atoms with Crippen molar-refractivity contribution in [1.29, 1.82) is 5.26 Å². The second-order valence-corrected chi connectivity index (χ2v) is 7.96. The van der Waals surface area contributed by atoms with Crippen LogP contribution in [0.1, 0.15) is 51.0 Å². The maximum Gasteiger partial charge on any atom is 0.230 e. The topological polar surface area (TPSA) is 65.8 Å². The van der Waals surface area contributed by atoms with Crippen molar-refractivity contribution >= 4 is 29.0 Å². The average Bonchev–Trinajstić information content (AvgIpc) is 3.20. The maximum absolute atomic E-state index is 12.0. The molecule has 0 aliphatic carbocycles. The molecule has 6 heteroatoms. The number of hydrogen-bond acceptors (Lipinski definition) is 5. The average molecular weight is 388 g/mol. The van der Waals surface area contributed by atoms with Gasteiger partial charge in [-0.25, -0.2) is 4.98 Å².